The third-order valence-corrected chi connectivity index (χ3v) is 5.96. The number of halogens is 2. The van der Waals surface area contributed by atoms with Crippen molar-refractivity contribution in [2.45, 2.75) is 57.0 Å². The molecule has 2 bridgehead atoms. The molecule has 0 aromatic heterocycles. The number of rotatable bonds is 0. The number of hydrogen-bond donors (Lipinski definition) is 0. The van der Waals surface area contributed by atoms with Crippen molar-refractivity contribution in [2.75, 3.05) is 26.2 Å². The molecule has 0 aromatic rings. The third kappa shape index (κ3) is 3.34. The standard InChI is InChI=1S/C15H26N2.2ClH.Cu/c1-3-7-16-11-13-9-12(14(16)5-1)10-17-8-4-2-6-15(13)17;;;/h12-15H,1-11H2;2*1H;/q;;;+2/p-2/t12-,13-,14-,15+;;;/m0.../s1. The van der Waals surface area contributed by atoms with Gasteiger partial charge in [-0.1, -0.05) is 12.8 Å². The summed E-state index contributed by atoms with van der Waals surface area (Å²) < 4.78 is 0. The van der Waals surface area contributed by atoms with Crippen molar-refractivity contribution in [2.24, 2.45) is 11.8 Å². The molecule has 4 aliphatic heterocycles. The van der Waals surface area contributed by atoms with Crippen LogP contribution in [0.1, 0.15) is 44.9 Å². The third-order valence-electron chi connectivity index (χ3n) is 5.96. The Morgan fingerprint density at radius 1 is 0.750 bits per heavy atom. The molecule has 4 aliphatic rings. The van der Waals surface area contributed by atoms with Crippen molar-refractivity contribution in [1.29, 1.82) is 0 Å². The Morgan fingerprint density at radius 3 is 1.65 bits per heavy atom. The van der Waals surface area contributed by atoms with E-state index in [-0.39, 0.29) is 0 Å². The Labute approximate surface area is 138 Å². The predicted octanol–water partition coefficient (Wildman–Crippen LogP) is 3.72. The molecule has 121 valence electrons. The summed E-state index contributed by atoms with van der Waals surface area (Å²) in [5, 5.41) is 0. The van der Waals surface area contributed by atoms with E-state index in [4.69, 9.17) is 0 Å². The summed E-state index contributed by atoms with van der Waals surface area (Å²) in [5.41, 5.74) is 0. The molecule has 0 unspecified atom stereocenters. The molecule has 0 amide bonds. The quantitative estimate of drug-likeness (QED) is 0.601. The minimum absolute atomic E-state index is 0.757. The number of fused-ring (bicyclic) bond motifs is 6. The topological polar surface area (TPSA) is 6.48 Å². The second-order valence-electron chi connectivity index (χ2n) is 6.92. The van der Waals surface area contributed by atoms with E-state index in [1.165, 1.54) is 64.7 Å². The summed E-state index contributed by atoms with van der Waals surface area (Å²) in [6, 6.07) is 1.92. The van der Waals surface area contributed by atoms with Crippen LogP contribution in [0.4, 0.5) is 0 Å². The normalized spacial score (nSPS) is 41.3. The molecular weight excluding hydrogens is 343 g/mol. The maximum atomic E-state index is 4.67. The molecule has 4 heterocycles. The van der Waals surface area contributed by atoms with Gasteiger partial charge in [-0.25, -0.2) is 0 Å². The van der Waals surface area contributed by atoms with Crippen LogP contribution in [-0.4, -0.2) is 48.1 Å². The minimum atomic E-state index is 0.757. The number of piperidine rings is 4. The first-order valence-corrected chi connectivity index (χ1v) is 10.7. The Balaban J connectivity index is 0.000000373. The van der Waals surface area contributed by atoms with Gasteiger partial charge in [0.1, 0.15) is 0 Å². The summed E-state index contributed by atoms with van der Waals surface area (Å²) in [5.74, 6) is 2.03. The van der Waals surface area contributed by atoms with Crippen LogP contribution in [0.2, 0.25) is 0 Å². The molecule has 0 saturated carbocycles. The van der Waals surface area contributed by atoms with Gasteiger partial charge in [-0.3, -0.25) is 9.80 Å². The number of hydrogen-bond acceptors (Lipinski definition) is 2. The zero-order valence-electron chi connectivity index (χ0n) is 12.0. The van der Waals surface area contributed by atoms with Gasteiger partial charge in [-0.2, -0.15) is 0 Å². The fraction of sp³-hybridized carbons (Fsp3) is 1.00. The van der Waals surface area contributed by atoms with Crippen LogP contribution < -0.4 is 0 Å². The number of nitrogens with zero attached hydrogens (tertiary/aromatic N) is 2. The van der Waals surface area contributed by atoms with Gasteiger partial charge in [-0.15, -0.1) is 0 Å². The van der Waals surface area contributed by atoms with Crippen molar-refractivity contribution >= 4 is 20.2 Å². The molecule has 4 saturated heterocycles. The average Bonchev–Trinajstić information content (AvgIpc) is 2.48. The van der Waals surface area contributed by atoms with E-state index in [2.05, 4.69) is 30.0 Å². The molecule has 5 heteroatoms. The van der Waals surface area contributed by atoms with Gasteiger partial charge in [-0.05, 0) is 57.0 Å². The molecule has 4 atom stereocenters. The van der Waals surface area contributed by atoms with Crippen LogP contribution in [0.3, 0.4) is 0 Å². The van der Waals surface area contributed by atoms with Crippen molar-refractivity contribution in [3.8, 4) is 0 Å². The van der Waals surface area contributed by atoms with Gasteiger partial charge in [0.05, 0.1) is 0 Å². The van der Waals surface area contributed by atoms with Gasteiger partial charge in [0, 0.05) is 25.2 Å². The summed E-state index contributed by atoms with van der Waals surface area (Å²) >= 11 is 0.757. The Kier molecular flexibility index (Phi) is 5.98. The molecule has 0 radical (unpaired) electrons. The van der Waals surface area contributed by atoms with E-state index < -0.39 is 0 Å². The van der Waals surface area contributed by atoms with Gasteiger partial charge in [0.25, 0.3) is 0 Å². The first-order valence-electron chi connectivity index (χ1n) is 8.13. The molecule has 0 spiro atoms. The van der Waals surface area contributed by atoms with Crippen molar-refractivity contribution in [3.63, 3.8) is 0 Å². The maximum absolute atomic E-state index is 4.67. The van der Waals surface area contributed by atoms with Crippen LogP contribution in [-0.2, 0) is 13.1 Å². The molecule has 2 nitrogen and oxygen atoms in total. The van der Waals surface area contributed by atoms with E-state index in [9.17, 15) is 0 Å². The second kappa shape index (κ2) is 7.53. The first-order chi connectivity index (χ1) is 9.83. The van der Waals surface area contributed by atoms with Crippen LogP contribution in [0.15, 0.2) is 0 Å². The molecule has 4 fully saturated rings. The van der Waals surface area contributed by atoms with Crippen LogP contribution in [0.25, 0.3) is 0 Å². The van der Waals surface area contributed by atoms with Crippen LogP contribution >= 0.6 is 20.2 Å². The molecule has 0 aliphatic carbocycles. The van der Waals surface area contributed by atoms with Crippen molar-refractivity contribution in [3.05, 3.63) is 0 Å². The molecule has 0 aromatic carbocycles. The second-order valence-corrected chi connectivity index (χ2v) is 8.47. The SMILES string of the molecule is C1CCN2C[C@@H]3C[C@@H](CN4CCCC[C@@H]34)[C@H]2C1.[Cl][Cu][Cl]. The van der Waals surface area contributed by atoms with E-state index in [0.717, 1.165) is 37.1 Å². The zero-order valence-corrected chi connectivity index (χ0v) is 14.5. The van der Waals surface area contributed by atoms with Gasteiger partial charge < -0.3 is 0 Å². The summed E-state index contributed by atoms with van der Waals surface area (Å²) in [6.07, 6.45) is 10.5. The molecular formula is C15H26Cl2CuN2. The van der Waals surface area contributed by atoms with E-state index in [0.29, 0.717) is 0 Å². The van der Waals surface area contributed by atoms with E-state index in [1.807, 2.05) is 0 Å². The van der Waals surface area contributed by atoms with Crippen molar-refractivity contribution in [1.82, 2.24) is 9.80 Å². The fourth-order valence-electron chi connectivity index (χ4n) is 5.25. The van der Waals surface area contributed by atoms with E-state index in [1.54, 1.807) is 6.42 Å². The summed E-state index contributed by atoms with van der Waals surface area (Å²) in [6.45, 7) is 5.68. The van der Waals surface area contributed by atoms with Crippen LogP contribution in [0.5, 0.6) is 0 Å². The average molecular weight is 369 g/mol. The van der Waals surface area contributed by atoms with Gasteiger partial charge in [0.15, 0.2) is 0 Å². The first kappa shape index (κ1) is 15.9. The Morgan fingerprint density at radius 2 is 1.20 bits per heavy atom. The van der Waals surface area contributed by atoms with Crippen molar-refractivity contribution < 1.29 is 13.1 Å². The van der Waals surface area contributed by atoms with Gasteiger partial charge >= 0.3 is 33.3 Å². The van der Waals surface area contributed by atoms with Crippen LogP contribution in [0, 0.1) is 11.8 Å². The zero-order chi connectivity index (χ0) is 13.9. The molecule has 20 heavy (non-hydrogen) atoms. The molecule has 0 N–H and O–H groups in total. The summed E-state index contributed by atoms with van der Waals surface area (Å²) in [4.78, 5) is 5.74. The monoisotopic (exact) mass is 367 g/mol. The molecule has 4 rings (SSSR count). The fourth-order valence-corrected chi connectivity index (χ4v) is 5.25. The summed E-state index contributed by atoms with van der Waals surface area (Å²) in [7, 11) is 9.34. The predicted molar refractivity (Wildman–Crippen MR) is 81.7 cm³/mol. The Hall–Kier alpha value is 1.02. The Bertz CT molecular complexity index is 290. The van der Waals surface area contributed by atoms with E-state index >= 15 is 0 Å². The van der Waals surface area contributed by atoms with Gasteiger partial charge in [0.2, 0.25) is 0 Å².